The van der Waals surface area contributed by atoms with Crippen LogP contribution in [0.2, 0.25) is 0 Å². The van der Waals surface area contributed by atoms with Crippen LogP contribution in [-0.2, 0) is 4.79 Å². The molecule has 2 N–H and O–H groups in total. The van der Waals surface area contributed by atoms with Gasteiger partial charge in [0, 0.05) is 0 Å². The Morgan fingerprint density at radius 2 is 1.92 bits per heavy atom. The second kappa shape index (κ2) is 3.90. The van der Waals surface area contributed by atoms with E-state index in [-0.39, 0.29) is 5.92 Å². The maximum Gasteiger partial charge on any atom is 0.309 e. The number of aliphatic carboxylic acids is 1. The van der Waals surface area contributed by atoms with Crippen molar-refractivity contribution < 1.29 is 15.0 Å². The van der Waals surface area contributed by atoms with Crippen LogP contribution in [0.3, 0.4) is 0 Å². The van der Waals surface area contributed by atoms with Crippen LogP contribution in [0.15, 0.2) is 0 Å². The summed E-state index contributed by atoms with van der Waals surface area (Å²) < 4.78 is 0. The van der Waals surface area contributed by atoms with Crippen LogP contribution in [0.25, 0.3) is 0 Å². The molecule has 0 amide bonds. The Morgan fingerprint density at radius 3 is 2.00 bits per heavy atom. The van der Waals surface area contributed by atoms with Gasteiger partial charge in [0.2, 0.25) is 0 Å². The molecule has 0 aliphatic heterocycles. The lowest BCUT2D eigenvalue weighted by Crippen LogP contribution is -2.43. The van der Waals surface area contributed by atoms with Gasteiger partial charge in [-0.2, -0.15) is 0 Å². The van der Waals surface area contributed by atoms with Crippen LogP contribution in [0.4, 0.5) is 0 Å². The molecule has 72 valence electrons. The third kappa shape index (κ3) is 2.21. The van der Waals surface area contributed by atoms with Gasteiger partial charge in [-0.15, -0.1) is 0 Å². The molecule has 0 bridgehead atoms. The van der Waals surface area contributed by atoms with E-state index in [1.165, 1.54) is 0 Å². The first-order valence-electron chi connectivity index (χ1n) is 4.29. The first-order valence-corrected chi connectivity index (χ1v) is 4.29. The third-order valence-electron chi connectivity index (χ3n) is 2.58. The van der Waals surface area contributed by atoms with Crippen molar-refractivity contribution in [1.29, 1.82) is 0 Å². The van der Waals surface area contributed by atoms with Crippen molar-refractivity contribution >= 4 is 5.97 Å². The molecule has 0 radical (unpaired) electrons. The summed E-state index contributed by atoms with van der Waals surface area (Å²) in [6.07, 6.45) is 0.459. The van der Waals surface area contributed by atoms with Gasteiger partial charge in [-0.05, 0) is 19.3 Å². The molecule has 0 aromatic heterocycles. The highest BCUT2D eigenvalue weighted by Gasteiger charge is 2.38. The minimum absolute atomic E-state index is 0.0430. The van der Waals surface area contributed by atoms with Crippen molar-refractivity contribution in [1.82, 2.24) is 0 Å². The predicted octanol–water partition coefficient (Wildman–Crippen LogP) is 1.50. The normalized spacial score (nSPS) is 18.8. The van der Waals surface area contributed by atoms with Crippen LogP contribution < -0.4 is 0 Å². The van der Waals surface area contributed by atoms with Crippen molar-refractivity contribution in [3.8, 4) is 0 Å². The Hall–Kier alpha value is -0.570. The molecule has 0 rings (SSSR count). The van der Waals surface area contributed by atoms with Crippen LogP contribution in [0.1, 0.15) is 34.1 Å². The summed E-state index contributed by atoms with van der Waals surface area (Å²) in [5.74, 6) is -1.63. The van der Waals surface area contributed by atoms with Gasteiger partial charge in [-0.1, -0.05) is 20.8 Å². The average molecular weight is 174 g/mol. The fraction of sp³-hybridized carbons (Fsp3) is 0.889. The van der Waals surface area contributed by atoms with Gasteiger partial charge in [0.1, 0.15) is 0 Å². The van der Waals surface area contributed by atoms with E-state index in [9.17, 15) is 9.90 Å². The fourth-order valence-electron chi connectivity index (χ4n) is 1.24. The van der Waals surface area contributed by atoms with Crippen molar-refractivity contribution in [2.75, 3.05) is 0 Å². The van der Waals surface area contributed by atoms with E-state index in [1.807, 2.05) is 13.8 Å². The minimum atomic E-state index is -1.11. The molecule has 2 unspecified atom stereocenters. The van der Waals surface area contributed by atoms with E-state index in [1.54, 1.807) is 13.8 Å². The zero-order chi connectivity index (χ0) is 9.94. The number of carbonyl (C=O) groups is 1. The molecule has 3 heteroatoms. The van der Waals surface area contributed by atoms with E-state index in [4.69, 9.17) is 5.11 Å². The van der Waals surface area contributed by atoms with E-state index >= 15 is 0 Å². The van der Waals surface area contributed by atoms with Gasteiger partial charge in [0.05, 0.1) is 11.5 Å². The summed E-state index contributed by atoms with van der Waals surface area (Å²) in [5.41, 5.74) is -1.11. The maximum atomic E-state index is 10.7. The molecule has 0 fully saturated rings. The Bertz CT molecular complexity index is 161. The van der Waals surface area contributed by atoms with Gasteiger partial charge in [-0.3, -0.25) is 4.79 Å². The van der Waals surface area contributed by atoms with Crippen molar-refractivity contribution in [3.05, 3.63) is 0 Å². The standard InChI is InChI=1S/C9H18O3/c1-5-7(8(10)11)9(4,12)6(2)3/h6-7,12H,5H2,1-4H3,(H,10,11). The molecule has 2 atom stereocenters. The van der Waals surface area contributed by atoms with Gasteiger partial charge >= 0.3 is 5.97 Å². The van der Waals surface area contributed by atoms with E-state index in [0.717, 1.165) is 0 Å². The first kappa shape index (κ1) is 11.4. The number of hydrogen-bond donors (Lipinski definition) is 2. The van der Waals surface area contributed by atoms with Crippen molar-refractivity contribution in [2.45, 2.75) is 39.7 Å². The van der Waals surface area contributed by atoms with Gasteiger partial charge in [0.15, 0.2) is 0 Å². The summed E-state index contributed by atoms with van der Waals surface area (Å²) in [6, 6.07) is 0. The SMILES string of the molecule is CCC(C(=O)O)C(C)(O)C(C)C. The molecular formula is C9H18O3. The van der Waals surface area contributed by atoms with Gasteiger partial charge < -0.3 is 10.2 Å². The maximum absolute atomic E-state index is 10.7. The summed E-state index contributed by atoms with van der Waals surface area (Å²) >= 11 is 0. The monoisotopic (exact) mass is 174 g/mol. The molecule has 0 aromatic carbocycles. The predicted molar refractivity (Wildman–Crippen MR) is 46.9 cm³/mol. The Kier molecular flexibility index (Phi) is 3.71. The Morgan fingerprint density at radius 1 is 1.50 bits per heavy atom. The summed E-state index contributed by atoms with van der Waals surface area (Å²) in [6.45, 7) is 7.01. The molecular weight excluding hydrogens is 156 g/mol. The van der Waals surface area contributed by atoms with Crippen molar-refractivity contribution in [3.63, 3.8) is 0 Å². The van der Waals surface area contributed by atoms with Crippen LogP contribution >= 0.6 is 0 Å². The number of aliphatic hydroxyl groups is 1. The van der Waals surface area contributed by atoms with Crippen LogP contribution in [0, 0.1) is 11.8 Å². The van der Waals surface area contributed by atoms with Crippen LogP contribution in [0.5, 0.6) is 0 Å². The van der Waals surface area contributed by atoms with Crippen molar-refractivity contribution in [2.24, 2.45) is 11.8 Å². The highest BCUT2D eigenvalue weighted by Crippen LogP contribution is 2.28. The lowest BCUT2D eigenvalue weighted by Gasteiger charge is -2.33. The number of rotatable bonds is 4. The molecule has 0 spiro atoms. The summed E-state index contributed by atoms with van der Waals surface area (Å²) in [5, 5.41) is 18.6. The molecule has 0 aromatic rings. The highest BCUT2D eigenvalue weighted by molar-refractivity contribution is 5.71. The molecule has 0 heterocycles. The molecule has 12 heavy (non-hydrogen) atoms. The first-order chi connectivity index (χ1) is 5.34. The zero-order valence-electron chi connectivity index (χ0n) is 8.16. The number of carboxylic acids is 1. The van der Waals surface area contributed by atoms with Gasteiger partial charge in [-0.25, -0.2) is 0 Å². The zero-order valence-corrected chi connectivity index (χ0v) is 8.16. The third-order valence-corrected chi connectivity index (χ3v) is 2.58. The quantitative estimate of drug-likeness (QED) is 0.679. The summed E-state index contributed by atoms with van der Waals surface area (Å²) in [4.78, 5) is 10.7. The molecule has 0 aliphatic carbocycles. The largest absolute Gasteiger partial charge is 0.481 e. The second-order valence-electron chi connectivity index (χ2n) is 3.68. The summed E-state index contributed by atoms with van der Waals surface area (Å²) in [7, 11) is 0. The van der Waals surface area contributed by atoms with E-state index < -0.39 is 17.5 Å². The Labute approximate surface area is 73.4 Å². The second-order valence-corrected chi connectivity index (χ2v) is 3.68. The molecule has 0 aliphatic rings. The van der Waals surface area contributed by atoms with E-state index in [0.29, 0.717) is 6.42 Å². The fourth-order valence-corrected chi connectivity index (χ4v) is 1.24. The Balaban J connectivity index is 4.59. The number of hydrogen-bond acceptors (Lipinski definition) is 2. The molecule has 0 saturated carbocycles. The average Bonchev–Trinajstić information content (AvgIpc) is 1.86. The smallest absolute Gasteiger partial charge is 0.309 e. The lowest BCUT2D eigenvalue weighted by atomic mass is 9.79. The number of carboxylic acid groups (broad SMARTS) is 1. The van der Waals surface area contributed by atoms with E-state index in [2.05, 4.69) is 0 Å². The molecule has 3 nitrogen and oxygen atoms in total. The highest BCUT2D eigenvalue weighted by atomic mass is 16.4. The van der Waals surface area contributed by atoms with Gasteiger partial charge in [0.25, 0.3) is 0 Å². The topological polar surface area (TPSA) is 57.5 Å². The lowest BCUT2D eigenvalue weighted by molar-refractivity contribution is -0.154. The van der Waals surface area contributed by atoms with Crippen LogP contribution in [-0.4, -0.2) is 21.8 Å². The minimum Gasteiger partial charge on any atom is -0.481 e. The molecule has 0 saturated heterocycles.